The number of aromatic nitrogens is 3. The number of piperidine rings is 1. The Balaban J connectivity index is 1.66. The first-order valence-corrected chi connectivity index (χ1v) is 8.51. The summed E-state index contributed by atoms with van der Waals surface area (Å²) >= 11 is 0. The van der Waals surface area contributed by atoms with E-state index >= 15 is 0 Å². The van der Waals surface area contributed by atoms with Gasteiger partial charge in [-0.25, -0.2) is 0 Å². The van der Waals surface area contributed by atoms with E-state index < -0.39 is 0 Å². The van der Waals surface area contributed by atoms with E-state index in [0.717, 1.165) is 30.8 Å². The molecule has 0 bridgehead atoms. The minimum Gasteiger partial charge on any atom is -0.361 e. The maximum atomic E-state index is 12.6. The minimum atomic E-state index is -0.334. The SMILES string of the molecule is CN(C)c1ccc(CC2CCCN(C(=O)c3ccc[nH]c3=O)C2)nn1. The van der Waals surface area contributed by atoms with E-state index in [0.29, 0.717) is 19.0 Å². The van der Waals surface area contributed by atoms with Crippen molar-refractivity contribution in [3.8, 4) is 0 Å². The molecule has 1 fully saturated rings. The normalized spacial score (nSPS) is 17.4. The molecule has 0 saturated carbocycles. The highest BCUT2D eigenvalue weighted by Gasteiger charge is 2.26. The maximum Gasteiger partial charge on any atom is 0.260 e. The Hall–Kier alpha value is -2.70. The Kier molecular flexibility index (Phi) is 5.11. The summed E-state index contributed by atoms with van der Waals surface area (Å²) in [6, 6.07) is 7.21. The molecule has 3 rings (SSSR count). The van der Waals surface area contributed by atoms with Gasteiger partial charge in [-0.3, -0.25) is 9.59 Å². The molecule has 2 aromatic heterocycles. The second-order valence-electron chi connectivity index (χ2n) is 6.65. The van der Waals surface area contributed by atoms with E-state index in [9.17, 15) is 9.59 Å². The average Bonchev–Trinajstić information content (AvgIpc) is 2.62. The van der Waals surface area contributed by atoms with Crippen LogP contribution in [-0.2, 0) is 6.42 Å². The number of carbonyl (C=O) groups excluding carboxylic acids is 1. The highest BCUT2D eigenvalue weighted by atomic mass is 16.2. The van der Waals surface area contributed by atoms with Gasteiger partial charge >= 0.3 is 0 Å². The lowest BCUT2D eigenvalue weighted by molar-refractivity contribution is 0.0671. The van der Waals surface area contributed by atoms with Crippen LogP contribution in [0.2, 0.25) is 0 Å². The van der Waals surface area contributed by atoms with Crippen molar-refractivity contribution in [2.24, 2.45) is 5.92 Å². The third-order valence-electron chi connectivity index (χ3n) is 4.52. The lowest BCUT2D eigenvalue weighted by Gasteiger charge is -2.32. The van der Waals surface area contributed by atoms with Gasteiger partial charge < -0.3 is 14.8 Å². The van der Waals surface area contributed by atoms with Crippen LogP contribution in [0.3, 0.4) is 0 Å². The molecule has 7 nitrogen and oxygen atoms in total. The summed E-state index contributed by atoms with van der Waals surface area (Å²) in [7, 11) is 3.86. The fraction of sp³-hybridized carbons (Fsp3) is 0.444. The molecular formula is C18H23N5O2. The topological polar surface area (TPSA) is 82.2 Å². The summed E-state index contributed by atoms with van der Waals surface area (Å²) in [6.45, 7) is 1.33. The second-order valence-corrected chi connectivity index (χ2v) is 6.65. The standard InChI is InChI=1S/C18H23N5O2/c1-22(2)16-8-7-14(20-21-16)11-13-5-4-10-23(12-13)18(25)15-6-3-9-19-17(15)24/h3,6-9,13H,4-5,10-12H2,1-2H3,(H,19,24). The molecule has 1 N–H and O–H groups in total. The van der Waals surface area contributed by atoms with Gasteiger partial charge in [0.25, 0.3) is 11.5 Å². The van der Waals surface area contributed by atoms with Crippen LogP contribution >= 0.6 is 0 Å². The quantitative estimate of drug-likeness (QED) is 0.907. The molecule has 1 unspecified atom stereocenters. The van der Waals surface area contributed by atoms with E-state index in [1.54, 1.807) is 17.0 Å². The molecule has 1 amide bonds. The molecule has 1 aliphatic rings. The molecule has 3 heterocycles. The zero-order chi connectivity index (χ0) is 17.8. The van der Waals surface area contributed by atoms with Crippen LogP contribution in [0.4, 0.5) is 5.82 Å². The third-order valence-corrected chi connectivity index (χ3v) is 4.52. The van der Waals surface area contributed by atoms with Crippen molar-refractivity contribution in [1.82, 2.24) is 20.1 Å². The molecule has 132 valence electrons. The van der Waals surface area contributed by atoms with E-state index in [4.69, 9.17) is 0 Å². The Morgan fingerprint density at radius 2 is 2.16 bits per heavy atom. The molecule has 0 spiro atoms. The van der Waals surface area contributed by atoms with Crippen LogP contribution in [0.25, 0.3) is 0 Å². The minimum absolute atomic E-state index is 0.194. The summed E-state index contributed by atoms with van der Waals surface area (Å²) in [5, 5.41) is 8.49. The number of anilines is 1. The van der Waals surface area contributed by atoms with Crippen LogP contribution in [0.5, 0.6) is 0 Å². The summed E-state index contributed by atoms with van der Waals surface area (Å²) in [6.07, 6.45) is 4.31. The average molecular weight is 341 g/mol. The Bertz CT molecular complexity index is 785. The molecule has 1 saturated heterocycles. The van der Waals surface area contributed by atoms with Crippen molar-refractivity contribution in [2.45, 2.75) is 19.3 Å². The van der Waals surface area contributed by atoms with Crippen molar-refractivity contribution in [1.29, 1.82) is 0 Å². The lowest BCUT2D eigenvalue weighted by Crippen LogP contribution is -2.42. The molecule has 2 aromatic rings. The summed E-state index contributed by atoms with van der Waals surface area (Å²) in [5.74, 6) is 0.966. The number of H-pyrrole nitrogens is 1. The number of carbonyl (C=O) groups is 1. The molecule has 7 heteroatoms. The third kappa shape index (κ3) is 4.04. The van der Waals surface area contributed by atoms with Crippen molar-refractivity contribution in [3.63, 3.8) is 0 Å². The van der Waals surface area contributed by atoms with Gasteiger partial charge in [-0.05, 0) is 49.4 Å². The molecule has 1 atom stereocenters. The fourth-order valence-corrected chi connectivity index (χ4v) is 3.17. The molecule has 1 aliphatic heterocycles. The van der Waals surface area contributed by atoms with Crippen molar-refractivity contribution in [3.05, 3.63) is 52.1 Å². The van der Waals surface area contributed by atoms with Gasteiger partial charge in [0.05, 0.1) is 5.69 Å². The van der Waals surface area contributed by atoms with E-state index in [-0.39, 0.29) is 17.0 Å². The molecular weight excluding hydrogens is 318 g/mol. The monoisotopic (exact) mass is 341 g/mol. The molecule has 0 aliphatic carbocycles. The number of nitrogens with zero attached hydrogens (tertiary/aromatic N) is 4. The van der Waals surface area contributed by atoms with Crippen molar-refractivity contribution in [2.75, 3.05) is 32.1 Å². The lowest BCUT2D eigenvalue weighted by atomic mass is 9.93. The van der Waals surface area contributed by atoms with Gasteiger partial charge in [0.2, 0.25) is 0 Å². The first-order valence-electron chi connectivity index (χ1n) is 8.51. The molecule has 25 heavy (non-hydrogen) atoms. The number of pyridine rings is 1. The van der Waals surface area contributed by atoms with Gasteiger partial charge in [0, 0.05) is 33.4 Å². The van der Waals surface area contributed by atoms with Crippen LogP contribution in [0.1, 0.15) is 28.9 Å². The highest BCUT2D eigenvalue weighted by molar-refractivity contribution is 5.93. The highest BCUT2D eigenvalue weighted by Crippen LogP contribution is 2.21. The Labute approximate surface area is 146 Å². The van der Waals surface area contributed by atoms with Crippen LogP contribution in [-0.4, -0.2) is 53.2 Å². The Morgan fingerprint density at radius 1 is 1.32 bits per heavy atom. The number of amides is 1. The van der Waals surface area contributed by atoms with Gasteiger partial charge in [0.1, 0.15) is 5.56 Å². The first kappa shape index (κ1) is 17.1. The van der Waals surface area contributed by atoms with Crippen LogP contribution in [0.15, 0.2) is 35.3 Å². The number of aromatic amines is 1. The molecule has 0 aromatic carbocycles. The number of rotatable bonds is 4. The second kappa shape index (κ2) is 7.46. The van der Waals surface area contributed by atoms with Gasteiger partial charge in [-0.2, -0.15) is 5.10 Å². The predicted molar refractivity (Wildman–Crippen MR) is 95.8 cm³/mol. The fourth-order valence-electron chi connectivity index (χ4n) is 3.17. The first-order chi connectivity index (χ1) is 12.0. The summed E-state index contributed by atoms with van der Waals surface area (Å²) in [5.41, 5.74) is 0.806. The van der Waals surface area contributed by atoms with E-state index in [2.05, 4.69) is 15.2 Å². The summed E-state index contributed by atoms with van der Waals surface area (Å²) in [4.78, 5) is 30.7. The van der Waals surface area contributed by atoms with Crippen molar-refractivity contribution < 1.29 is 4.79 Å². The zero-order valence-electron chi connectivity index (χ0n) is 14.6. The van der Waals surface area contributed by atoms with E-state index in [1.807, 2.05) is 31.1 Å². The summed E-state index contributed by atoms with van der Waals surface area (Å²) < 4.78 is 0. The number of hydrogen-bond donors (Lipinski definition) is 1. The predicted octanol–water partition coefficient (Wildman–Crippen LogP) is 1.33. The Morgan fingerprint density at radius 3 is 2.84 bits per heavy atom. The van der Waals surface area contributed by atoms with Crippen molar-refractivity contribution >= 4 is 11.7 Å². The van der Waals surface area contributed by atoms with Gasteiger partial charge in [-0.15, -0.1) is 5.10 Å². The van der Waals surface area contributed by atoms with Crippen LogP contribution < -0.4 is 10.5 Å². The van der Waals surface area contributed by atoms with Crippen LogP contribution in [0, 0.1) is 5.92 Å². The smallest absolute Gasteiger partial charge is 0.260 e. The molecule has 0 radical (unpaired) electrons. The number of nitrogens with one attached hydrogen (secondary N) is 1. The number of likely N-dealkylation sites (tertiary alicyclic amines) is 1. The van der Waals surface area contributed by atoms with Gasteiger partial charge in [0.15, 0.2) is 5.82 Å². The largest absolute Gasteiger partial charge is 0.361 e. The maximum absolute atomic E-state index is 12.6. The zero-order valence-corrected chi connectivity index (χ0v) is 14.6. The van der Waals surface area contributed by atoms with E-state index in [1.165, 1.54) is 6.20 Å². The number of hydrogen-bond acceptors (Lipinski definition) is 5. The van der Waals surface area contributed by atoms with Gasteiger partial charge in [-0.1, -0.05) is 0 Å².